The highest BCUT2D eigenvalue weighted by Crippen LogP contribution is 2.27. The van der Waals surface area contributed by atoms with Gasteiger partial charge in [0.05, 0.1) is 19.2 Å². The molecule has 0 spiro atoms. The van der Waals surface area contributed by atoms with Gasteiger partial charge in [-0.25, -0.2) is 8.78 Å². The third kappa shape index (κ3) is 4.19. The quantitative estimate of drug-likeness (QED) is 0.924. The molecule has 4 nitrogen and oxygen atoms in total. The van der Waals surface area contributed by atoms with Gasteiger partial charge in [-0.05, 0) is 30.9 Å². The van der Waals surface area contributed by atoms with Gasteiger partial charge in [0, 0.05) is 19.5 Å². The Morgan fingerprint density at radius 1 is 1.26 bits per heavy atom. The lowest BCUT2D eigenvalue weighted by Crippen LogP contribution is -2.47. The number of benzene rings is 1. The van der Waals surface area contributed by atoms with Crippen LogP contribution in [0.5, 0.6) is 5.75 Å². The number of hydrogen-bond acceptors (Lipinski definition) is 3. The predicted molar refractivity (Wildman–Crippen MR) is 82.6 cm³/mol. The van der Waals surface area contributed by atoms with E-state index in [0.29, 0.717) is 25.6 Å². The van der Waals surface area contributed by atoms with Crippen LogP contribution >= 0.6 is 0 Å². The zero-order valence-corrected chi connectivity index (χ0v) is 13.0. The van der Waals surface area contributed by atoms with E-state index in [9.17, 15) is 13.6 Å². The molecular formula is C17H22F2N2O2. The van der Waals surface area contributed by atoms with Gasteiger partial charge < -0.3 is 9.64 Å². The highest BCUT2D eigenvalue weighted by molar-refractivity contribution is 5.82. The Morgan fingerprint density at radius 2 is 1.96 bits per heavy atom. The third-order valence-electron chi connectivity index (χ3n) is 4.56. The normalized spacial score (nSPS) is 24.6. The van der Waals surface area contributed by atoms with Crippen LogP contribution in [0.4, 0.5) is 8.78 Å². The van der Waals surface area contributed by atoms with Crippen molar-refractivity contribution in [2.75, 3.05) is 26.2 Å². The summed E-state index contributed by atoms with van der Waals surface area (Å²) < 4.78 is 32.1. The monoisotopic (exact) mass is 324 g/mol. The first-order chi connectivity index (χ1) is 11.0. The van der Waals surface area contributed by atoms with Gasteiger partial charge in [0.15, 0.2) is 0 Å². The van der Waals surface area contributed by atoms with Crippen molar-refractivity contribution in [2.45, 2.75) is 31.2 Å². The molecule has 1 N–H and O–H groups in total. The van der Waals surface area contributed by atoms with Gasteiger partial charge in [-0.3, -0.25) is 10.1 Å². The summed E-state index contributed by atoms with van der Waals surface area (Å²) in [6.07, 6.45) is 1.31. The van der Waals surface area contributed by atoms with Gasteiger partial charge in [0.25, 0.3) is 5.92 Å². The average molecular weight is 324 g/mol. The Morgan fingerprint density at radius 3 is 2.57 bits per heavy atom. The molecule has 2 saturated heterocycles. The van der Waals surface area contributed by atoms with E-state index in [2.05, 4.69) is 5.32 Å². The molecule has 0 aromatic heterocycles. The molecule has 2 heterocycles. The van der Waals surface area contributed by atoms with Crippen molar-refractivity contribution in [1.82, 2.24) is 10.2 Å². The molecule has 1 amide bonds. The Labute approximate surface area is 134 Å². The average Bonchev–Trinajstić information content (AvgIpc) is 2.94. The summed E-state index contributed by atoms with van der Waals surface area (Å²) in [6.45, 7) is 1.47. The van der Waals surface area contributed by atoms with Gasteiger partial charge in [0.1, 0.15) is 5.75 Å². The van der Waals surface area contributed by atoms with Crippen LogP contribution in [-0.4, -0.2) is 49.0 Å². The van der Waals surface area contributed by atoms with Crippen molar-refractivity contribution in [3.63, 3.8) is 0 Å². The SMILES string of the molecule is O=C(C1CC(F)(F)CN1)N1CCC(COc2ccccc2)CC1. The molecule has 0 radical (unpaired) electrons. The zero-order chi connectivity index (χ0) is 16.3. The Hall–Kier alpha value is -1.69. The van der Waals surface area contributed by atoms with E-state index in [1.807, 2.05) is 30.3 Å². The summed E-state index contributed by atoms with van der Waals surface area (Å²) in [4.78, 5) is 14.0. The highest BCUT2D eigenvalue weighted by atomic mass is 19.3. The minimum Gasteiger partial charge on any atom is -0.493 e. The van der Waals surface area contributed by atoms with Crippen LogP contribution in [0.3, 0.4) is 0 Å². The number of rotatable bonds is 4. The number of alkyl halides is 2. The number of hydrogen-bond donors (Lipinski definition) is 1. The number of likely N-dealkylation sites (tertiary alicyclic amines) is 1. The molecule has 1 aromatic carbocycles. The maximum atomic E-state index is 13.2. The molecule has 0 bridgehead atoms. The molecule has 1 unspecified atom stereocenters. The van der Waals surface area contributed by atoms with Gasteiger partial charge >= 0.3 is 0 Å². The standard InChI is InChI=1S/C17H22F2N2O2/c18-17(19)10-15(20-12-17)16(22)21-8-6-13(7-9-21)11-23-14-4-2-1-3-5-14/h1-5,13,15,20H,6-12H2. The summed E-state index contributed by atoms with van der Waals surface area (Å²) in [5.74, 6) is -1.70. The first-order valence-corrected chi connectivity index (χ1v) is 8.11. The van der Waals surface area contributed by atoms with Crippen molar-refractivity contribution in [2.24, 2.45) is 5.92 Å². The lowest BCUT2D eigenvalue weighted by atomic mass is 9.97. The maximum absolute atomic E-state index is 13.2. The second-order valence-electron chi connectivity index (χ2n) is 6.39. The molecular weight excluding hydrogens is 302 g/mol. The van der Waals surface area contributed by atoms with Gasteiger partial charge in [0.2, 0.25) is 5.91 Å². The topological polar surface area (TPSA) is 41.6 Å². The van der Waals surface area contributed by atoms with Gasteiger partial charge in [-0.15, -0.1) is 0 Å². The number of amides is 1. The molecule has 2 fully saturated rings. The largest absolute Gasteiger partial charge is 0.493 e. The van der Waals surface area contributed by atoms with Gasteiger partial charge in [-0.2, -0.15) is 0 Å². The van der Waals surface area contributed by atoms with Crippen molar-refractivity contribution >= 4 is 5.91 Å². The number of nitrogens with one attached hydrogen (secondary N) is 1. The Kier molecular flexibility index (Phi) is 4.80. The second kappa shape index (κ2) is 6.83. The Balaban J connectivity index is 1.42. The van der Waals surface area contributed by atoms with E-state index in [-0.39, 0.29) is 12.3 Å². The van der Waals surface area contributed by atoms with E-state index in [0.717, 1.165) is 18.6 Å². The fourth-order valence-corrected chi connectivity index (χ4v) is 3.16. The van der Waals surface area contributed by atoms with E-state index in [4.69, 9.17) is 4.74 Å². The minimum atomic E-state index is -2.76. The first kappa shape index (κ1) is 16.2. The van der Waals surface area contributed by atoms with Crippen LogP contribution in [0, 0.1) is 5.92 Å². The highest BCUT2D eigenvalue weighted by Gasteiger charge is 2.43. The predicted octanol–water partition coefficient (Wildman–Crippen LogP) is 2.30. The summed E-state index contributed by atoms with van der Waals surface area (Å²) >= 11 is 0. The second-order valence-corrected chi connectivity index (χ2v) is 6.39. The van der Waals surface area contributed by atoms with Crippen LogP contribution in [0.15, 0.2) is 30.3 Å². The molecule has 1 aromatic rings. The van der Waals surface area contributed by atoms with E-state index >= 15 is 0 Å². The molecule has 0 aliphatic carbocycles. The molecule has 126 valence electrons. The summed E-state index contributed by atoms with van der Waals surface area (Å²) in [7, 11) is 0. The number of nitrogens with zero attached hydrogens (tertiary/aromatic N) is 1. The summed E-state index contributed by atoms with van der Waals surface area (Å²) in [5, 5.41) is 2.64. The van der Waals surface area contributed by atoms with Crippen LogP contribution < -0.4 is 10.1 Å². The lowest BCUT2D eigenvalue weighted by molar-refractivity contribution is -0.135. The fraction of sp³-hybridized carbons (Fsp3) is 0.588. The minimum absolute atomic E-state index is 0.190. The van der Waals surface area contributed by atoms with Crippen molar-refractivity contribution in [1.29, 1.82) is 0 Å². The molecule has 3 rings (SSSR count). The molecule has 23 heavy (non-hydrogen) atoms. The maximum Gasteiger partial charge on any atom is 0.262 e. The number of piperidine rings is 1. The van der Waals surface area contributed by atoms with Crippen molar-refractivity contribution < 1.29 is 18.3 Å². The van der Waals surface area contributed by atoms with E-state index in [1.165, 1.54) is 0 Å². The number of carbonyl (C=O) groups is 1. The summed E-state index contributed by atoms with van der Waals surface area (Å²) in [6, 6.07) is 8.91. The zero-order valence-electron chi connectivity index (χ0n) is 13.0. The van der Waals surface area contributed by atoms with Crippen LogP contribution in [0.2, 0.25) is 0 Å². The van der Waals surface area contributed by atoms with Crippen molar-refractivity contribution in [3.8, 4) is 5.75 Å². The van der Waals surface area contributed by atoms with Gasteiger partial charge in [-0.1, -0.05) is 18.2 Å². The number of halogens is 2. The molecule has 2 aliphatic rings. The first-order valence-electron chi connectivity index (χ1n) is 8.11. The van der Waals surface area contributed by atoms with Crippen LogP contribution in [-0.2, 0) is 4.79 Å². The molecule has 1 atom stereocenters. The smallest absolute Gasteiger partial charge is 0.262 e. The lowest BCUT2D eigenvalue weighted by Gasteiger charge is -2.33. The number of carbonyl (C=O) groups excluding carboxylic acids is 1. The van der Waals surface area contributed by atoms with Crippen LogP contribution in [0.1, 0.15) is 19.3 Å². The summed E-state index contributed by atoms with van der Waals surface area (Å²) in [5.41, 5.74) is 0. The molecule has 6 heteroatoms. The van der Waals surface area contributed by atoms with E-state index in [1.54, 1.807) is 4.90 Å². The number of para-hydroxylation sites is 1. The Bertz CT molecular complexity index is 531. The third-order valence-corrected chi connectivity index (χ3v) is 4.56. The fourth-order valence-electron chi connectivity index (χ4n) is 3.16. The van der Waals surface area contributed by atoms with Crippen LogP contribution in [0.25, 0.3) is 0 Å². The number of ether oxygens (including phenoxy) is 1. The van der Waals surface area contributed by atoms with E-state index < -0.39 is 18.5 Å². The van der Waals surface area contributed by atoms with Crippen molar-refractivity contribution in [3.05, 3.63) is 30.3 Å². The molecule has 2 aliphatic heterocycles. The molecule has 0 saturated carbocycles.